The first-order chi connectivity index (χ1) is 5.24. The highest BCUT2D eigenvalue weighted by Gasteiger charge is 2.01. The fourth-order valence-corrected chi connectivity index (χ4v) is 0.527. The lowest BCUT2D eigenvalue weighted by atomic mass is 10.3. The van der Waals surface area contributed by atoms with Crippen molar-refractivity contribution in [3.05, 3.63) is 0 Å². The molecule has 6 heteroatoms. The summed E-state index contributed by atoms with van der Waals surface area (Å²) in [4.78, 5) is 10.8. The van der Waals surface area contributed by atoms with E-state index in [1.54, 1.807) is 0 Å². The van der Waals surface area contributed by atoms with E-state index in [9.17, 15) is 4.79 Å². The van der Waals surface area contributed by atoms with Gasteiger partial charge in [0.25, 0.3) is 0 Å². The summed E-state index contributed by atoms with van der Waals surface area (Å²) in [5.74, 6) is 9.73. The zero-order valence-electron chi connectivity index (χ0n) is 6.42. The fourth-order valence-electron chi connectivity index (χ4n) is 0.527. The summed E-state index contributed by atoms with van der Waals surface area (Å²) in [6, 6.07) is 0. The monoisotopic (exact) mass is 159 g/mol. The van der Waals surface area contributed by atoms with Crippen molar-refractivity contribution in [2.24, 2.45) is 16.8 Å². The van der Waals surface area contributed by atoms with Gasteiger partial charge in [0.05, 0.1) is 0 Å². The Hall–Kier alpha value is -1.30. The number of hydrazone groups is 1. The topological polar surface area (TPSA) is 106 Å². The van der Waals surface area contributed by atoms with Gasteiger partial charge < -0.3 is 5.84 Å². The SMILES string of the molecule is CCCC(=O)N/C(=N/N)NN. The molecule has 11 heavy (non-hydrogen) atoms. The molecule has 0 radical (unpaired) electrons. The summed E-state index contributed by atoms with van der Waals surface area (Å²) in [5.41, 5.74) is 2.13. The van der Waals surface area contributed by atoms with Crippen LogP contribution in [0.25, 0.3) is 0 Å². The molecule has 0 rings (SSSR count). The van der Waals surface area contributed by atoms with Crippen LogP contribution in [0.4, 0.5) is 0 Å². The highest BCUT2D eigenvalue weighted by atomic mass is 16.1. The van der Waals surface area contributed by atoms with Crippen molar-refractivity contribution in [1.82, 2.24) is 10.7 Å². The first-order valence-electron chi connectivity index (χ1n) is 3.29. The van der Waals surface area contributed by atoms with Gasteiger partial charge in [0, 0.05) is 6.42 Å². The molecule has 0 saturated heterocycles. The molecule has 64 valence electrons. The third kappa shape index (κ3) is 4.15. The molecular weight excluding hydrogens is 146 g/mol. The van der Waals surface area contributed by atoms with Crippen LogP contribution >= 0.6 is 0 Å². The number of carbonyl (C=O) groups is 1. The quantitative estimate of drug-likeness (QED) is 0.172. The van der Waals surface area contributed by atoms with E-state index in [0.29, 0.717) is 6.42 Å². The molecule has 0 aliphatic rings. The average molecular weight is 159 g/mol. The molecule has 0 aliphatic heterocycles. The Kier molecular flexibility index (Phi) is 4.83. The summed E-state index contributed by atoms with van der Waals surface area (Å²) in [5, 5.41) is 5.54. The molecule has 0 heterocycles. The molecule has 0 bridgehead atoms. The molecule has 6 nitrogen and oxygen atoms in total. The Balaban J connectivity index is 3.73. The normalized spacial score (nSPS) is 10.9. The molecule has 0 aliphatic carbocycles. The number of guanidine groups is 1. The van der Waals surface area contributed by atoms with Gasteiger partial charge in [-0.15, -0.1) is 5.10 Å². The maximum absolute atomic E-state index is 10.8. The summed E-state index contributed by atoms with van der Waals surface area (Å²) >= 11 is 0. The minimum absolute atomic E-state index is 0.0726. The zero-order chi connectivity index (χ0) is 8.69. The molecule has 0 atom stereocenters. The second kappa shape index (κ2) is 5.48. The van der Waals surface area contributed by atoms with Gasteiger partial charge in [-0.05, 0) is 6.42 Å². The maximum Gasteiger partial charge on any atom is 0.234 e. The van der Waals surface area contributed by atoms with Crippen molar-refractivity contribution in [3.8, 4) is 0 Å². The smallest absolute Gasteiger partial charge is 0.234 e. The average Bonchev–Trinajstić information content (AvgIpc) is 2.01. The maximum atomic E-state index is 10.8. The molecule has 0 fully saturated rings. The van der Waals surface area contributed by atoms with Gasteiger partial charge >= 0.3 is 0 Å². The van der Waals surface area contributed by atoms with Gasteiger partial charge in [-0.25, -0.2) is 5.84 Å². The number of amides is 1. The highest BCUT2D eigenvalue weighted by molar-refractivity contribution is 5.96. The summed E-state index contributed by atoms with van der Waals surface area (Å²) in [6.07, 6.45) is 1.20. The van der Waals surface area contributed by atoms with Crippen LogP contribution in [0.3, 0.4) is 0 Å². The zero-order valence-corrected chi connectivity index (χ0v) is 6.42. The van der Waals surface area contributed by atoms with E-state index in [-0.39, 0.29) is 11.9 Å². The van der Waals surface area contributed by atoms with Crippen molar-refractivity contribution >= 4 is 11.9 Å². The minimum atomic E-state index is -0.158. The van der Waals surface area contributed by atoms with Crippen molar-refractivity contribution in [2.75, 3.05) is 0 Å². The van der Waals surface area contributed by atoms with Crippen LogP contribution < -0.4 is 22.4 Å². The van der Waals surface area contributed by atoms with Crippen molar-refractivity contribution < 1.29 is 4.79 Å². The Morgan fingerprint density at radius 1 is 1.64 bits per heavy atom. The van der Waals surface area contributed by atoms with Gasteiger partial charge in [0.1, 0.15) is 0 Å². The third-order valence-electron chi connectivity index (χ3n) is 1.00. The molecule has 1 amide bonds. The van der Waals surface area contributed by atoms with Gasteiger partial charge in [0.2, 0.25) is 11.9 Å². The van der Waals surface area contributed by atoms with Gasteiger partial charge in [-0.3, -0.25) is 15.5 Å². The predicted octanol–water partition coefficient (Wildman–Crippen LogP) is -1.40. The summed E-state index contributed by atoms with van der Waals surface area (Å²) in [7, 11) is 0. The van der Waals surface area contributed by atoms with Gasteiger partial charge in [-0.2, -0.15) is 0 Å². The molecule has 0 aromatic carbocycles. The van der Waals surface area contributed by atoms with Crippen molar-refractivity contribution in [2.45, 2.75) is 19.8 Å². The number of hydrogen-bond acceptors (Lipinski definition) is 4. The van der Waals surface area contributed by atoms with Gasteiger partial charge in [0.15, 0.2) is 0 Å². The molecule has 6 N–H and O–H groups in total. The molecule has 0 aromatic heterocycles. The van der Waals surface area contributed by atoms with Crippen LogP contribution in [0.1, 0.15) is 19.8 Å². The van der Waals surface area contributed by atoms with Crippen LogP contribution in [-0.2, 0) is 4.79 Å². The largest absolute Gasteiger partial charge is 0.320 e. The summed E-state index contributed by atoms with van der Waals surface area (Å²) < 4.78 is 0. The van der Waals surface area contributed by atoms with E-state index in [2.05, 4.69) is 15.8 Å². The number of hydrazine groups is 1. The number of nitrogens with two attached hydrogens (primary N) is 2. The van der Waals surface area contributed by atoms with Crippen LogP contribution in [0, 0.1) is 0 Å². The van der Waals surface area contributed by atoms with E-state index in [1.807, 2.05) is 6.92 Å². The minimum Gasteiger partial charge on any atom is -0.320 e. The van der Waals surface area contributed by atoms with E-state index in [0.717, 1.165) is 6.42 Å². The second-order valence-electron chi connectivity index (χ2n) is 1.92. The summed E-state index contributed by atoms with van der Waals surface area (Å²) in [6.45, 7) is 1.90. The molecular formula is C5H13N5O. The molecule has 0 unspecified atom stereocenters. The lowest BCUT2D eigenvalue weighted by Gasteiger charge is -2.04. The standard InChI is InChI=1S/C5H13N5O/c1-2-3-4(11)8-5(9-6)10-7/h2-3,6-7H2,1H3,(H2,8,9,10,11). The number of nitrogens with one attached hydrogen (secondary N) is 2. The molecule has 0 aromatic rings. The third-order valence-corrected chi connectivity index (χ3v) is 1.00. The number of rotatable bonds is 2. The second-order valence-corrected chi connectivity index (χ2v) is 1.92. The Labute approximate surface area is 65.0 Å². The van der Waals surface area contributed by atoms with Crippen molar-refractivity contribution in [1.29, 1.82) is 0 Å². The van der Waals surface area contributed by atoms with Gasteiger partial charge in [-0.1, -0.05) is 6.92 Å². The van der Waals surface area contributed by atoms with E-state index in [4.69, 9.17) is 11.7 Å². The van der Waals surface area contributed by atoms with Crippen LogP contribution in [-0.4, -0.2) is 11.9 Å². The first-order valence-corrected chi connectivity index (χ1v) is 3.29. The number of carbonyl (C=O) groups excluding carboxylic acids is 1. The Morgan fingerprint density at radius 3 is 2.64 bits per heavy atom. The molecule has 0 spiro atoms. The highest BCUT2D eigenvalue weighted by Crippen LogP contribution is 1.84. The molecule has 0 saturated carbocycles. The Morgan fingerprint density at radius 2 is 2.27 bits per heavy atom. The lowest BCUT2D eigenvalue weighted by molar-refractivity contribution is -0.119. The van der Waals surface area contributed by atoms with Crippen LogP contribution in [0.2, 0.25) is 0 Å². The Bertz CT molecular complexity index is 155. The van der Waals surface area contributed by atoms with E-state index in [1.165, 1.54) is 0 Å². The van der Waals surface area contributed by atoms with E-state index >= 15 is 0 Å². The first kappa shape index (κ1) is 9.70. The number of hydrogen-bond donors (Lipinski definition) is 4. The van der Waals surface area contributed by atoms with Crippen LogP contribution in [0.15, 0.2) is 5.10 Å². The predicted molar refractivity (Wildman–Crippen MR) is 42.0 cm³/mol. The van der Waals surface area contributed by atoms with E-state index < -0.39 is 0 Å². The number of nitrogens with zero attached hydrogens (tertiary/aromatic N) is 1. The van der Waals surface area contributed by atoms with Crippen molar-refractivity contribution in [3.63, 3.8) is 0 Å². The van der Waals surface area contributed by atoms with Crippen LogP contribution in [0.5, 0.6) is 0 Å². The lowest BCUT2D eigenvalue weighted by Crippen LogP contribution is -2.44. The fraction of sp³-hybridized carbons (Fsp3) is 0.600.